The van der Waals surface area contributed by atoms with E-state index in [0.717, 1.165) is 57.3 Å². The van der Waals surface area contributed by atoms with Gasteiger partial charge in [-0.15, -0.1) is 0 Å². The fraction of sp³-hybridized carbons (Fsp3) is 1.00. The maximum absolute atomic E-state index is 3.27. The molecule has 0 bridgehead atoms. The third kappa shape index (κ3) is 2.56. The molecule has 0 radical (unpaired) electrons. The van der Waals surface area contributed by atoms with Crippen LogP contribution < -0.4 is 0 Å². The van der Waals surface area contributed by atoms with Crippen LogP contribution in [0.1, 0.15) is 89.9 Å². The van der Waals surface area contributed by atoms with Crippen LogP contribution in [0.2, 0.25) is 0 Å². The van der Waals surface area contributed by atoms with Gasteiger partial charge in [0.25, 0.3) is 0 Å². The Bertz CT molecular complexity index is 561. The molecule has 0 aromatic rings. The van der Waals surface area contributed by atoms with Crippen molar-refractivity contribution in [1.82, 2.24) is 9.80 Å². The van der Waals surface area contributed by atoms with Crippen LogP contribution in [0, 0.1) is 0 Å². The van der Waals surface area contributed by atoms with Crippen LogP contribution >= 0.6 is 23.5 Å². The van der Waals surface area contributed by atoms with E-state index in [1.165, 1.54) is 89.9 Å². The summed E-state index contributed by atoms with van der Waals surface area (Å²) in [4.78, 5) is 6.54. The van der Waals surface area contributed by atoms with Crippen molar-refractivity contribution >= 4 is 23.5 Å². The molecular formula is C24H38N2S2. The quantitative estimate of drug-likeness (QED) is 0.526. The van der Waals surface area contributed by atoms with E-state index in [0.29, 0.717) is 0 Å². The van der Waals surface area contributed by atoms with Gasteiger partial charge in [-0.1, -0.05) is 38.5 Å². The molecule has 0 spiro atoms. The summed E-state index contributed by atoms with van der Waals surface area (Å²) in [6.45, 7) is 0. The topological polar surface area (TPSA) is 6.48 Å². The highest BCUT2D eigenvalue weighted by Crippen LogP contribution is 2.57. The van der Waals surface area contributed by atoms with Crippen LogP contribution in [0.25, 0.3) is 0 Å². The van der Waals surface area contributed by atoms with Gasteiger partial charge in [0, 0.05) is 57.3 Å². The van der Waals surface area contributed by atoms with Gasteiger partial charge in [0.1, 0.15) is 0 Å². The summed E-state index contributed by atoms with van der Waals surface area (Å²) < 4.78 is 0. The normalized spacial score (nSPS) is 56.1. The lowest BCUT2D eigenvalue weighted by atomic mass is 9.72. The van der Waals surface area contributed by atoms with Gasteiger partial charge in [0.05, 0.1) is 0 Å². The molecule has 3 heterocycles. The molecule has 0 amide bonds. The Morgan fingerprint density at radius 1 is 0.393 bits per heavy atom. The molecule has 4 aliphatic carbocycles. The van der Waals surface area contributed by atoms with Gasteiger partial charge < -0.3 is 0 Å². The molecule has 4 heteroatoms. The lowest BCUT2D eigenvalue weighted by Gasteiger charge is -2.70. The average molecular weight is 419 g/mol. The predicted octanol–water partition coefficient (Wildman–Crippen LogP) is 5.30. The summed E-state index contributed by atoms with van der Waals surface area (Å²) in [6.07, 6.45) is 21.2. The fourth-order valence-corrected chi connectivity index (χ4v) is 12.9. The summed E-state index contributed by atoms with van der Waals surface area (Å²) in [5.41, 5.74) is 0. The van der Waals surface area contributed by atoms with E-state index in [1.54, 1.807) is 0 Å². The standard InChI is InChI=1S/C24H38N2S2/c1-3-11-19-15(7-1)25-17-9-5-14-22-24(17)26(16-8-2-4-12-20(16)28-22)18-10-6-13-21(27-19)23(18)25/h15-24H,1-14H2. The number of hydrogen-bond donors (Lipinski definition) is 0. The number of piperazine rings is 1. The lowest BCUT2D eigenvalue weighted by molar-refractivity contribution is -0.137. The van der Waals surface area contributed by atoms with Gasteiger partial charge in [-0.05, 0) is 51.4 Å². The third-order valence-electron chi connectivity index (χ3n) is 9.78. The molecule has 4 saturated carbocycles. The first-order valence-electron chi connectivity index (χ1n) is 12.8. The van der Waals surface area contributed by atoms with Gasteiger partial charge in [-0.2, -0.15) is 23.5 Å². The van der Waals surface area contributed by atoms with Crippen molar-refractivity contribution in [2.24, 2.45) is 0 Å². The van der Waals surface area contributed by atoms with Crippen LogP contribution in [-0.2, 0) is 0 Å². The fourth-order valence-electron chi connectivity index (χ4n) is 8.94. The lowest BCUT2D eigenvalue weighted by Crippen LogP contribution is -2.81. The molecule has 3 aliphatic heterocycles. The van der Waals surface area contributed by atoms with Crippen LogP contribution in [0.3, 0.4) is 0 Å². The minimum Gasteiger partial charge on any atom is -0.289 e. The van der Waals surface area contributed by atoms with Crippen molar-refractivity contribution in [3.8, 4) is 0 Å². The molecular weight excluding hydrogens is 380 g/mol. The zero-order valence-corrected chi connectivity index (χ0v) is 19.0. The first kappa shape index (κ1) is 18.2. The number of fused-ring (bicyclic) bond motifs is 6. The number of nitrogens with zero attached hydrogens (tertiary/aromatic N) is 2. The summed E-state index contributed by atoms with van der Waals surface area (Å²) in [5, 5.41) is 3.85. The van der Waals surface area contributed by atoms with Gasteiger partial charge in [0.15, 0.2) is 0 Å². The van der Waals surface area contributed by atoms with E-state index < -0.39 is 0 Å². The second-order valence-corrected chi connectivity index (χ2v) is 14.0. The smallest absolute Gasteiger partial charge is 0.0377 e. The molecule has 7 aliphatic rings. The van der Waals surface area contributed by atoms with E-state index in [1.807, 2.05) is 0 Å². The molecule has 0 aromatic carbocycles. The number of rotatable bonds is 0. The first-order valence-corrected chi connectivity index (χ1v) is 14.6. The van der Waals surface area contributed by atoms with E-state index in [9.17, 15) is 0 Å². The van der Waals surface area contributed by atoms with E-state index in [2.05, 4.69) is 33.3 Å². The Kier molecular flexibility index (Phi) is 4.60. The zero-order valence-electron chi connectivity index (χ0n) is 17.4. The molecule has 7 rings (SSSR count). The Morgan fingerprint density at radius 3 is 1.29 bits per heavy atom. The molecule has 3 saturated heterocycles. The van der Waals surface area contributed by atoms with Gasteiger partial charge in [0.2, 0.25) is 0 Å². The molecule has 10 unspecified atom stereocenters. The van der Waals surface area contributed by atoms with Crippen LogP contribution in [0.4, 0.5) is 0 Å². The minimum absolute atomic E-state index is 0.905. The number of thioether (sulfide) groups is 2. The molecule has 156 valence electrons. The molecule has 0 aromatic heterocycles. The second-order valence-electron chi connectivity index (χ2n) is 11.0. The largest absolute Gasteiger partial charge is 0.289 e. The van der Waals surface area contributed by atoms with Crippen molar-refractivity contribution in [3.63, 3.8) is 0 Å². The molecule has 10 atom stereocenters. The summed E-state index contributed by atoms with van der Waals surface area (Å²) in [5.74, 6) is 0. The van der Waals surface area contributed by atoms with Crippen molar-refractivity contribution in [2.45, 2.75) is 147 Å². The Hall–Kier alpha value is 0.620. The number of hydrogen-bond acceptors (Lipinski definition) is 4. The van der Waals surface area contributed by atoms with E-state index in [4.69, 9.17) is 0 Å². The Labute approximate surface area is 180 Å². The molecule has 2 nitrogen and oxygen atoms in total. The van der Waals surface area contributed by atoms with Crippen molar-refractivity contribution in [3.05, 3.63) is 0 Å². The summed E-state index contributed by atoms with van der Waals surface area (Å²) in [7, 11) is 0. The molecule has 28 heavy (non-hydrogen) atoms. The Morgan fingerprint density at radius 2 is 0.786 bits per heavy atom. The van der Waals surface area contributed by atoms with Crippen molar-refractivity contribution in [2.75, 3.05) is 0 Å². The zero-order chi connectivity index (χ0) is 18.2. The van der Waals surface area contributed by atoms with Crippen molar-refractivity contribution in [1.29, 1.82) is 0 Å². The van der Waals surface area contributed by atoms with Gasteiger partial charge in [-0.25, -0.2) is 0 Å². The summed E-state index contributed by atoms with van der Waals surface area (Å²) in [6, 6.07) is 5.48. The highest BCUT2D eigenvalue weighted by Gasteiger charge is 2.62. The monoisotopic (exact) mass is 418 g/mol. The highest BCUT2D eigenvalue weighted by molar-refractivity contribution is 8.00. The SMILES string of the molecule is C1CCC2C(C1)SC1CCCC3C1N2C1CCCC2SC4CCCCC4N3C21. The second kappa shape index (κ2) is 7.07. The average Bonchev–Trinajstić information content (AvgIpc) is 2.75. The Balaban J connectivity index is 1.32. The minimum atomic E-state index is 0.905. The van der Waals surface area contributed by atoms with Gasteiger partial charge in [-0.3, -0.25) is 9.80 Å². The summed E-state index contributed by atoms with van der Waals surface area (Å²) >= 11 is 4.97. The van der Waals surface area contributed by atoms with Crippen LogP contribution in [0.15, 0.2) is 0 Å². The third-order valence-corrected chi connectivity index (χ3v) is 13.3. The van der Waals surface area contributed by atoms with Crippen molar-refractivity contribution < 1.29 is 0 Å². The maximum atomic E-state index is 3.27. The highest BCUT2D eigenvalue weighted by atomic mass is 32.2. The molecule has 0 N–H and O–H groups in total. The predicted molar refractivity (Wildman–Crippen MR) is 121 cm³/mol. The van der Waals surface area contributed by atoms with Gasteiger partial charge >= 0.3 is 0 Å². The van der Waals surface area contributed by atoms with E-state index >= 15 is 0 Å². The van der Waals surface area contributed by atoms with Crippen LogP contribution in [0.5, 0.6) is 0 Å². The van der Waals surface area contributed by atoms with Crippen LogP contribution in [-0.4, -0.2) is 67.1 Å². The molecule has 7 fully saturated rings. The maximum Gasteiger partial charge on any atom is 0.0377 e. The van der Waals surface area contributed by atoms with E-state index in [-0.39, 0.29) is 0 Å². The first-order chi connectivity index (χ1) is 13.9.